The lowest BCUT2D eigenvalue weighted by atomic mass is 10.9. The van der Waals surface area contributed by atoms with Gasteiger partial charge >= 0.3 is 0 Å². The van der Waals surface area contributed by atoms with Crippen LogP contribution in [0.2, 0.25) is 0 Å². The van der Waals surface area contributed by atoms with Gasteiger partial charge in [-0.1, -0.05) is 0 Å². The number of rotatable bonds is 0. The summed E-state index contributed by atoms with van der Waals surface area (Å²) in [6.45, 7) is 0.613. The minimum absolute atomic E-state index is 0.338. The van der Waals surface area contributed by atoms with Crippen LogP contribution in [0, 0.1) is 4.91 Å². The highest BCUT2D eigenvalue weighted by Gasteiger charge is 2.18. The van der Waals surface area contributed by atoms with Gasteiger partial charge in [-0.15, -0.1) is 0 Å². The van der Waals surface area contributed by atoms with Crippen molar-refractivity contribution < 1.29 is 9.53 Å². The Hall–Kier alpha value is -0.170. The van der Waals surface area contributed by atoms with Crippen molar-refractivity contribution in [2.24, 2.45) is 0 Å². The summed E-state index contributed by atoms with van der Waals surface area (Å²) in [4.78, 5) is 14.4. The van der Waals surface area contributed by atoms with Gasteiger partial charge in [0, 0.05) is 0 Å². The molecule has 0 aromatic carbocycles. The lowest BCUT2D eigenvalue weighted by Gasteiger charge is -1.68. The highest BCUT2D eigenvalue weighted by Crippen LogP contribution is 2.16. The van der Waals surface area contributed by atoms with Crippen molar-refractivity contribution in [2.45, 2.75) is 0 Å². The Bertz CT molecular complexity index is 65.9. The van der Waals surface area contributed by atoms with Crippen LogP contribution in [0.1, 0.15) is 0 Å². The number of hydrogen-bond donors (Lipinski definition) is 0. The fourth-order valence-corrected chi connectivity index (χ4v) is 0.859. The molecule has 0 aromatic heterocycles. The minimum atomic E-state index is 0.338. The zero-order valence-corrected chi connectivity index (χ0v) is 4.18. The zero-order valence-electron chi connectivity index (χ0n) is 3.18. The van der Waals surface area contributed by atoms with E-state index in [0.717, 1.165) is 6.16 Å². The molecule has 4 heteroatoms. The van der Waals surface area contributed by atoms with Crippen molar-refractivity contribution in [2.75, 3.05) is 12.8 Å². The Kier molecular flexibility index (Phi) is 1.01. The Morgan fingerprint density at radius 2 is 2.67 bits per heavy atom. The summed E-state index contributed by atoms with van der Waals surface area (Å²) in [6, 6.07) is 0. The van der Waals surface area contributed by atoms with Gasteiger partial charge in [-0.05, 0) is 0 Å². The van der Waals surface area contributed by atoms with Crippen molar-refractivity contribution in [1.82, 2.24) is 0 Å². The monoisotopic (exact) mass is 106 g/mol. The van der Waals surface area contributed by atoms with E-state index in [1.165, 1.54) is 0 Å². The summed E-state index contributed by atoms with van der Waals surface area (Å²) < 4.78 is 0.639. The van der Waals surface area contributed by atoms with Crippen molar-refractivity contribution >= 4 is 8.73 Å². The topological polar surface area (TPSA) is 29.3 Å². The molecule has 1 unspecified atom stereocenters. The van der Waals surface area contributed by atoms with E-state index in [1.807, 2.05) is 0 Å². The van der Waals surface area contributed by atoms with Gasteiger partial charge in [0.05, 0.1) is 11.1 Å². The van der Waals surface area contributed by atoms with E-state index in [0.29, 0.717) is 20.0 Å². The zero-order chi connectivity index (χ0) is 4.41. The Morgan fingerprint density at radius 3 is 2.83 bits per heavy atom. The minimum Gasteiger partial charge on any atom is -0.231 e. The second kappa shape index (κ2) is 1.52. The molecule has 0 aromatic rings. The summed E-state index contributed by atoms with van der Waals surface area (Å²) in [5.41, 5.74) is 0. The van der Waals surface area contributed by atoms with Gasteiger partial charge in [0.2, 0.25) is 4.69 Å². The maximum Gasteiger partial charge on any atom is 0.292 e. The highest BCUT2D eigenvalue weighted by molar-refractivity contribution is 7.30. The summed E-state index contributed by atoms with van der Waals surface area (Å²) in [5.74, 6) is 0. The van der Waals surface area contributed by atoms with Gasteiger partial charge in [-0.3, -0.25) is 0 Å². The van der Waals surface area contributed by atoms with E-state index in [1.54, 1.807) is 0 Å². The molecule has 0 amide bonds. The van der Waals surface area contributed by atoms with E-state index >= 15 is 0 Å². The second-order valence-corrected chi connectivity index (χ2v) is 2.18. The predicted molar refractivity (Wildman–Crippen MR) is 22.8 cm³/mol. The van der Waals surface area contributed by atoms with Gasteiger partial charge in [0.1, 0.15) is 0 Å². The smallest absolute Gasteiger partial charge is 0.231 e. The van der Waals surface area contributed by atoms with Crippen LogP contribution in [-0.2, 0) is 4.84 Å². The molecule has 1 atom stereocenters. The van der Waals surface area contributed by atoms with Crippen LogP contribution in [0.4, 0.5) is 0 Å². The molecular formula is C2H5NO2P+. The van der Waals surface area contributed by atoms with Crippen LogP contribution in [0.3, 0.4) is 0 Å². The molecule has 1 fully saturated rings. The predicted octanol–water partition coefficient (Wildman–Crippen LogP) is 0.304. The molecule has 0 radical (unpaired) electrons. The lowest BCUT2D eigenvalue weighted by molar-refractivity contribution is -0.676. The maximum atomic E-state index is 9.95. The summed E-state index contributed by atoms with van der Waals surface area (Å²) in [7, 11) is 0.338. The third-order valence-corrected chi connectivity index (χ3v) is 1.37. The molecule has 3 nitrogen and oxygen atoms in total. The number of nitrogens with zero attached hydrogens (tertiary/aromatic N) is 1. The molecular weight excluding hydrogens is 101 g/mol. The van der Waals surface area contributed by atoms with Crippen molar-refractivity contribution in [1.29, 1.82) is 0 Å². The molecule has 0 aliphatic carbocycles. The van der Waals surface area contributed by atoms with Crippen LogP contribution in [0.25, 0.3) is 0 Å². The van der Waals surface area contributed by atoms with Gasteiger partial charge in [0.15, 0.2) is 6.61 Å². The first-order valence-electron chi connectivity index (χ1n) is 1.73. The normalized spacial score (nSPS) is 25.0. The second-order valence-electron chi connectivity index (χ2n) is 0.998. The van der Waals surface area contributed by atoms with E-state index in [2.05, 4.69) is 4.84 Å². The SMILES string of the molecule is O=[N+]1OCCP1. The fraction of sp³-hybridized carbons (Fsp3) is 1.00. The molecule has 1 rings (SSSR count). The molecule has 1 heterocycles. The molecule has 34 valence electrons. The largest absolute Gasteiger partial charge is 0.292 e. The third kappa shape index (κ3) is 0.658. The molecule has 1 aliphatic rings. The van der Waals surface area contributed by atoms with Gasteiger partial charge < -0.3 is 0 Å². The third-order valence-electron chi connectivity index (χ3n) is 0.552. The van der Waals surface area contributed by atoms with Crippen LogP contribution >= 0.6 is 8.73 Å². The van der Waals surface area contributed by atoms with Crippen molar-refractivity contribution in [3.8, 4) is 0 Å². The van der Waals surface area contributed by atoms with Gasteiger partial charge in [0.25, 0.3) is 8.73 Å². The molecule has 1 saturated heterocycles. The molecule has 0 saturated carbocycles. The van der Waals surface area contributed by atoms with Crippen LogP contribution < -0.4 is 0 Å². The Morgan fingerprint density at radius 1 is 1.83 bits per heavy atom. The highest BCUT2D eigenvalue weighted by atomic mass is 31.1. The molecule has 0 N–H and O–H groups in total. The first-order valence-corrected chi connectivity index (χ1v) is 2.89. The summed E-state index contributed by atoms with van der Waals surface area (Å²) in [5, 5.41) is 0. The Balaban J connectivity index is 2.37. The lowest BCUT2D eigenvalue weighted by Crippen LogP contribution is -1.86. The van der Waals surface area contributed by atoms with E-state index in [4.69, 9.17) is 0 Å². The van der Waals surface area contributed by atoms with E-state index in [9.17, 15) is 4.91 Å². The quantitative estimate of drug-likeness (QED) is 0.416. The number of hydrogen-bond acceptors (Lipinski definition) is 2. The van der Waals surface area contributed by atoms with E-state index in [-0.39, 0.29) is 0 Å². The molecule has 6 heavy (non-hydrogen) atoms. The molecule has 0 spiro atoms. The van der Waals surface area contributed by atoms with Crippen molar-refractivity contribution in [3.05, 3.63) is 4.91 Å². The van der Waals surface area contributed by atoms with E-state index < -0.39 is 0 Å². The average Bonchev–Trinajstić information content (AvgIpc) is 1.86. The first kappa shape index (κ1) is 4.00. The van der Waals surface area contributed by atoms with Crippen LogP contribution in [0.5, 0.6) is 0 Å². The summed E-state index contributed by atoms with van der Waals surface area (Å²) in [6.07, 6.45) is 0.906. The standard InChI is InChI=1S/C2H5NO2P/c4-3-5-1-2-6-3/h6H,1-2H2/q+1. The van der Waals surface area contributed by atoms with Crippen LogP contribution in [0.15, 0.2) is 0 Å². The molecule has 0 bridgehead atoms. The molecule has 1 aliphatic heterocycles. The Labute approximate surface area is 37.0 Å². The average molecular weight is 106 g/mol. The fourth-order valence-electron chi connectivity index (χ4n) is 0.311. The first-order chi connectivity index (χ1) is 2.89. The van der Waals surface area contributed by atoms with Crippen LogP contribution in [-0.4, -0.2) is 17.5 Å². The van der Waals surface area contributed by atoms with Gasteiger partial charge in [-0.2, -0.15) is 0 Å². The van der Waals surface area contributed by atoms with Gasteiger partial charge in [-0.25, -0.2) is 4.84 Å². The maximum absolute atomic E-state index is 9.95. The van der Waals surface area contributed by atoms with Crippen molar-refractivity contribution in [3.63, 3.8) is 0 Å². The summed E-state index contributed by atoms with van der Waals surface area (Å²) >= 11 is 0.